The van der Waals surface area contributed by atoms with E-state index < -0.39 is 15.8 Å². The molecule has 0 radical (unpaired) electrons. The Labute approximate surface area is 129 Å². The fraction of sp³-hybridized carbons (Fsp3) is 0.571. The highest BCUT2D eigenvalue weighted by molar-refractivity contribution is 7.90. The van der Waals surface area contributed by atoms with Crippen molar-refractivity contribution in [1.29, 1.82) is 0 Å². The number of hydrogen-bond acceptors (Lipinski definition) is 4. The summed E-state index contributed by atoms with van der Waals surface area (Å²) in [4.78, 5) is 17.9. The fourth-order valence-electron chi connectivity index (χ4n) is 2.55. The Hall–Kier alpha value is -1.54. The van der Waals surface area contributed by atoms with Crippen molar-refractivity contribution < 1.29 is 17.6 Å². The van der Waals surface area contributed by atoms with Crippen molar-refractivity contribution >= 4 is 15.9 Å². The molecule has 1 aromatic heterocycles. The predicted molar refractivity (Wildman–Crippen MR) is 78.4 cm³/mol. The molecule has 0 spiro atoms. The summed E-state index contributed by atoms with van der Waals surface area (Å²) in [6.07, 6.45) is 1.47. The van der Waals surface area contributed by atoms with Crippen LogP contribution >= 0.6 is 0 Å². The molecule has 1 saturated heterocycles. The molecule has 120 valence electrons. The average molecular weight is 327 g/mol. The zero-order valence-electron chi connectivity index (χ0n) is 12.3. The second kappa shape index (κ2) is 5.58. The summed E-state index contributed by atoms with van der Waals surface area (Å²) < 4.78 is 39.0. The Morgan fingerprint density at radius 2 is 1.86 bits per heavy atom. The second-order valence-electron chi connectivity index (χ2n) is 5.70. The van der Waals surface area contributed by atoms with Crippen LogP contribution < -0.4 is 0 Å². The van der Waals surface area contributed by atoms with Crippen molar-refractivity contribution in [3.63, 3.8) is 0 Å². The molecule has 0 aromatic carbocycles. The molecule has 1 aliphatic carbocycles. The molecule has 6 nitrogen and oxygen atoms in total. The van der Waals surface area contributed by atoms with Gasteiger partial charge in [-0.05, 0) is 31.9 Å². The molecule has 0 bridgehead atoms. The molecule has 22 heavy (non-hydrogen) atoms. The third-order valence-electron chi connectivity index (χ3n) is 4.07. The van der Waals surface area contributed by atoms with E-state index >= 15 is 0 Å². The van der Waals surface area contributed by atoms with Crippen LogP contribution in [0.15, 0.2) is 12.1 Å². The van der Waals surface area contributed by atoms with Crippen LogP contribution in [0, 0.1) is 12.7 Å². The number of aromatic nitrogens is 1. The van der Waals surface area contributed by atoms with Gasteiger partial charge in [-0.25, -0.2) is 17.8 Å². The number of pyridine rings is 1. The number of rotatable bonds is 3. The highest BCUT2D eigenvalue weighted by Crippen LogP contribution is 2.31. The summed E-state index contributed by atoms with van der Waals surface area (Å²) >= 11 is 0. The number of nitrogens with zero attached hydrogens (tertiary/aromatic N) is 3. The lowest BCUT2D eigenvalue weighted by Crippen LogP contribution is -2.51. The van der Waals surface area contributed by atoms with Crippen LogP contribution in [0.4, 0.5) is 4.39 Å². The Morgan fingerprint density at radius 3 is 2.41 bits per heavy atom. The first-order valence-corrected chi connectivity index (χ1v) is 8.81. The maximum atomic E-state index is 13.2. The van der Waals surface area contributed by atoms with Crippen molar-refractivity contribution in [3.8, 4) is 0 Å². The van der Waals surface area contributed by atoms with Gasteiger partial charge in [0.25, 0.3) is 5.91 Å². The number of aryl methyl sites for hydroxylation is 1. The van der Waals surface area contributed by atoms with E-state index in [4.69, 9.17) is 0 Å². The third kappa shape index (κ3) is 2.85. The number of halogens is 1. The van der Waals surface area contributed by atoms with Crippen molar-refractivity contribution in [2.45, 2.75) is 25.0 Å². The van der Waals surface area contributed by atoms with E-state index in [9.17, 15) is 17.6 Å². The number of amides is 1. The third-order valence-corrected chi connectivity index (χ3v) is 6.47. The first-order valence-electron chi connectivity index (χ1n) is 7.31. The molecule has 1 amide bonds. The molecule has 1 aromatic rings. The standard InChI is InChI=1S/C14H18FN3O3S/c1-10-12(15)4-5-13(16-10)14(19)17-6-8-18(9-7-17)22(20,21)11-2-3-11/h4-5,11H,2-3,6-9H2,1H3. The van der Waals surface area contributed by atoms with Gasteiger partial charge in [-0.3, -0.25) is 4.79 Å². The van der Waals surface area contributed by atoms with E-state index in [0.29, 0.717) is 26.2 Å². The van der Waals surface area contributed by atoms with Crippen LogP contribution in [0.3, 0.4) is 0 Å². The molecule has 0 N–H and O–H groups in total. The maximum Gasteiger partial charge on any atom is 0.272 e. The van der Waals surface area contributed by atoms with Gasteiger partial charge in [0.15, 0.2) is 0 Å². The number of carbonyl (C=O) groups is 1. The van der Waals surface area contributed by atoms with Gasteiger partial charge in [-0.15, -0.1) is 0 Å². The van der Waals surface area contributed by atoms with Gasteiger partial charge < -0.3 is 4.90 Å². The van der Waals surface area contributed by atoms with Gasteiger partial charge >= 0.3 is 0 Å². The van der Waals surface area contributed by atoms with Crippen LogP contribution in [0.2, 0.25) is 0 Å². The first-order chi connectivity index (χ1) is 10.4. The van der Waals surface area contributed by atoms with Crippen molar-refractivity contribution in [2.24, 2.45) is 0 Å². The summed E-state index contributed by atoms with van der Waals surface area (Å²) in [5, 5.41) is -0.226. The topological polar surface area (TPSA) is 70.6 Å². The molecule has 2 aliphatic rings. The van der Waals surface area contributed by atoms with Crippen LogP contribution in [0.1, 0.15) is 29.0 Å². The summed E-state index contributed by atoms with van der Waals surface area (Å²) in [6.45, 7) is 2.80. The maximum absolute atomic E-state index is 13.2. The second-order valence-corrected chi connectivity index (χ2v) is 7.91. The SMILES string of the molecule is Cc1nc(C(=O)N2CCN(S(=O)(=O)C3CC3)CC2)ccc1F. The summed E-state index contributed by atoms with van der Waals surface area (Å²) in [6, 6.07) is 2.58. The van der Waals surface area contributed by atoms with E-state index in [2.05, 4.69) is 4.98 Å². The van der Waals surface area contributed by atoms with E-state index in [-0.39, 0.29) is 22.5 Å². The predicted octanol–water partition coefficient (Wildman–Crippen LogP) is 0.779. The van der Waals surface area contributed by atoms with E-state index in [0.717, 1.165) is 12.8 Å². The lowest BCUT2D eigenvalue weighted by atomic mass is 10.2. The lowest BCUT2D eigenvalue weighted by Gasteiger charge is -2.33. The Bertz CT molecular complexity index is 695. The monoisotopic (exact) mass is 327 g/mol. The van der Waals surface area contributed by atoms with Crippen molar-refractivity contribution in [3.05, 3.63) is 29.3 Å². The minimum atomic E-state index is -3.18. The number of piperazine rings is 1. The molecule has 8 heteroatoms. The summed E-state index contributed by atoms with van der Waals surface area (Å²) in [5.74, 6) is -0.733. The Balaban J connectivity index is 1.65. The Kier molecular flexibility index (Phi) is 3.90. The minimum absolute atomic E-state index is 0.181. The molecular weight excluding hydrogens is 309 g/mol. The van der Waals surface area contributed by atoms with Crippen LogP contribution in [0.25, 0.3) is 0 Å². The largest absolute Gasteiger partial charge is 0.335 e. The van der Waals surface area contributed by atoms with Crippen molar-refractivity contribution in [2.75, 3.05) is 26.2 Å². The Morgan fingerprint density at radius 1 is 1.23 bits per heavy atom. The zero-order valence-corrected chi connectivity index (χ0v) is 13.1. The molecule has 3 rings (SSSR count). The van der Waals surface area contributed by atoms with Crippen molar-refractivity contribution in [1.82, 2.24) is 14.2 Å². The van der Waals surface area contributed by atoms with Crippen LogP contribution in [0.5, 0.6) is 0 Å². The number of sulfonamides is 1. The normalized spacial score (nSPS) is 20.2. The van der Waals surface area contributed by atoms with Gasteiger partial charge in [0, 0.05) is 26.2 Å². The van der Waals surface area contributed by atoms with Gasteiger partial charge in [0.05, 0.1) is 10.9 Å². The minimum Gasteiger partial charge on any atom is -0.335 e. The lowest BCUT2D eigenvalue weighted by molar-refractivity contribution is 0.0691. The fourth-order valence-corrected chi connectivity index (χ4v) is 4.37. The summed E-state index contributed by atoms with van der Waals surface area (Å²) in [7, 11) is -3.18. The molecule has 1 aliphatic heterocycles. The first kappa shape index (κ1) is 15.4. The molecule has 2 fully saturated rings. The van der Waals surface area contributed by atoms with E-state index in [1.165, 1.54) is 23.4 Å². The summed E-state index contributed by atoms with van der Waals surface area (Å²) in [5.41, 5.74) is 0.373. The molecule has 0 unspecified atom stereocenters. The number of carbonyl (C=O) groups excluding carboxylic acids is 1. The highest BCUT2D eigenvalue weighted by atomic mass is 32.2. The zero-order chi connectivity index (χ0) is 15.9. The van der Waals surface area contributed by atoms with Crippen LogP contribution in [-0.4, -0.2) is 59.9 Å². The molecule has 0 atom stereocenters. The average Bonchev–Trinajstić information content (AvgIpc) is 3.35. The smallest absolute Gasteiger partial charge is 0.272 e. The van der Waals surface area contributed by atoms with E-state index in [1.807, 2.05) is 0 Å². The highest BCUT2D eigenvalue weighted by Gasteiger charge is 2.41. The van der Waals surface area contributed by atoms with Gasteiger partial charge in [0.2, 0.25) is 10.0 Å². The van der Waals surface area contributed by atoms with Gasteiger partial charge in [0.1, 0.15) is 11.5 Å². The molecule has 1 saturated carbocycles. The van der Waals surface area contributed by atoms with Gasteiger partial charge in [-0.2, -0.15) is 4.31 Å². The quantitative estimate of drug-likeness (QED) is 0.822. The van der Waals surface area contributed by atoms with Crippen LogP contribution in [-0.2, 0) is 10.0 Å². The molecule has 2 heterocycles. The number of hydrogen-bond donors (Lipinski definition) is 0. The molecular formula is C14H18FN3O3S. The van der Waals surface area contributed by atoms with Gasteiger partial charge in [-0.1, -0.05) is 0 Å². The van der Waals surface area contributed by atoms with E-state index in [1.54, 1.807) is 4.90 Å².